The van der Waals surface area contributed by atoms with Crippen LogP contribution in [0.5, 0.6) is 0 Å². The highest BCUT2D eigenvalue weighted by atomic mass is 16.1. The van der Waals surface area contributed by atoms with Crippen LogP contribution in [-0.4, -0.2) is 25.4 Å². The highest BCUT2D eigenvalue weighted by molar-refractivity contribution is 5.98. The fourth-order valence-corrected chi connectivity index (χ4v) is 3.75. The number of ketones is 1. The number of aryl methyl sites for hydroxylation is 1. The quantitative estimate of drug-likeness (QED) is 0.546. The van der Waals surface area contributed by atoms with E-state index < -0.39 is 0 Å². The Morgan fingerprint density at radius 3 is 2.67 bits per heavy atom. The van der Waals surface area contributed by atoms with Gasteiger partial charge in [-0.3, -0.25) is 4.79 Å². The third-order valence-electron chi connectivity index (χ3n) is 5.13. The summed E-state index contributed by atoms with van der Waals surface area (Å²) in [6, 6.07) is 18.2. The van der Waals surface area contributed by atoms with Crippen molar-refractivity contribution >= 4 is 11.6 Å². The average Bonchev–Trinajstić information content (AvgIpc) is 3.10. The molecule has 132 valence electrons. The van der Waals surface area contributed by atoms with E-state index in [4.69, 9.17) is 0 Å². The van der Waals surface area contributed by atoms with Crippen molar-refractivity contribution in [2.45, 2.75) is 25.7 Å². The Balaban J connectivity index is 1.56. The smallest absolute Gasteiger partial charge is 0.252 e. The molecular formula is C22H18N4O. The largest absolute Gasteiger partial charge is 0.294 e. The normalized spacial score (nSPS) is 16.5. The molecule has 0 spiro atoms. The van der Waals surface area contributed by atoms with Gasteiger partial charge in [-0.25, -0.2) is 9.50 Å². The average molecular weight is 354 g/mol. The minimum absolute atomic E-state index is 0.119. The minimum Gasteiger partial charge on any atom is -0.294 e. The Labute approximate surface area is 156 Å². The third kappa shape index (κ3) is 2.81. The van der Waals surface area contributed by atoms with Gasteiger partial charge in [-0.15, -0.1) is 5.10 Å². The summed E-state index contributed by atoms with van der Waals surface area (Å²) in [6.45, 7) is 2.07. The molecule has 1 atom stereocenters. The third-order valence-corrected chi connectivity index (χ3v) is 5.13. The molecule has 0 fully saturated rings. The van der Waals surface area contributed by atoms with Crippen molar-refractivity contribution in [3.63, 3.8) is 0 Å². The zero-order valence-corrected chi connectivity index (χ0v) is 15.0. The molecule has 5 heteroatoms. The molecule has 4 aromatic rings. The van der Waals surface area contributed by atoms with E-state index in [1.54, 1.807) is 10.7 Å². The molecule has 0 amide bonds. The maximum absolute atomic E-state index is 12.8. The Bertz CT molecular complexity index is 1160. The number of fused-ring (bicyclic) bond motifs is 2. The maximum Gasteiger partial charge on any atom is 0.252 e. The van der Waals surface area contributed by atoms with E-state index in [1.165, 1.54) is 11.1 Å². The van der Waals surface area contributed by atoms with Crippen molar-refractivity contribution in [2.24, 2.45) is 0 Å². The van der Waals surface area contributed by atoms with E-state index in [2.05, 4.69) is 40.2 Å². The van der Waals surface area contributed by atoms with Gasteiger partial charge in [-0.2, -0.15) is 4.98 Å². The first-order chi connectivity index (χ1) is 13.2. The fourth-order valence-electron chi connectivity index (χ4n) is 3.75. The number of benzene rings is 2. The van der Waals surface area contributed by atoms with Crippen molar-refractivity contribution in [3.8, 4) is 11.4 Å². The minimum atomic E-state index is 0.119. The first kappa shape index (κ1) is 15.9. The van der Waals surface area contributed by atoms with E-state index in [0.717, 1.165) is 17.7 Å². The number of carbonyl (C=O) groups excluding carboxylic acids is 1. The Hall–Kier alpha value is -3.34. The van der Waals surface area contributed by atoms with Gasteiger partial charge in [-0.05, 0) is 24.8 Å². The zero-order valence-electron chi connectivity index (χ0n) is 15.0. The molecule has 1 aliphatic rings. The van der Waals surface area contributed by atoms with Crippen LogP contribution in [0.3, 0.4) is 0 Å². The summed E-state index contributed by atoms with van der Waals surface area (Å²) in [4.78, 5) is 22.0. The molecule has 5 nitrogen and oxygen atoms in total. The standard InChI is InChI=1S/C22H18N4O/c1-14-6-5-9-16(10-14)17-11-19-18(20(27)12-17)13-26-22(23-19)24-21(25-26)15-7-3-2-4-8-15/h2-10,13,17H,11-12H2,1H3/t17-/m1/s1. The van der Waals surface area contributed by atoms with Gasteiger partial charge in [0.05, 0.1) is 11.3 Å². The maximum atomic E-state index is 12.8. The molecule has 0 N–H and O–H groups in total. The molecule has 2 heterocycles. The van der Waals surface area contributed by atoms with Crippen LogP contribution in [0.2, 0.25) is 0 Å². The number of rotatable bonds is 2. The molecule has 2 aromatic heterocycles. The molecule has 5 rings (SSSR count). The lowest BCUT2D eigenvalue weighted by molar-refractivity contribution is 0.0962. The van der Waals surface area contributed by atoms with Gasteiger partial charge in [0.2, 0.25) is 0 Å². The number of hydrogen-bond acceptors (Lipinski definition) is 4. The monoisotopic (exact) mass is 354 g/mol. The number of Topliss-reactive ketones (excluding diaryl/α,β-unsaturated/α-hetero) is 1. The van der Waals surface area contributed by atoms with E-state index in [1.807, 2.05) is 36.4 Å². The summed E-state index contributed by atoms with van der Waals surface area (Å²) in [5.74, 6) is 1.43. The van der Waals surface area contributed by atoms with E-state index >= 15 is 0 Å². The molecular weight excluding hydrogens is 336 g/mol. The summed E-state index contributed by atoms with van der Waals surface area (Å²) in [5, 5.41) is 4.51. The van der Waals surface area contributed by atoms with Crippen LogP contribution < -0.4 is 0 Å². The number of nitrogens with zero attached hydrogens (tertiary/aromatic N) is 4. The lowest BCUT2D eigenvalue weighted by Gasteiger charge is -2.23. The molecule has 0 bridgehead atoms. The van der Waals surface area contributed by atoms with Gasteiger partial charge in [0.15, 0.2) is 11.6 Å². The number of aromatic nitrogens is 4. The first-order valence-corrected chi connectivity index (χ1v) is 9.09. The molecule has 0 saturated carbocycles. The van der Waals surface area contributed by atoms with Crippen LogP contribution in [0.4, 0.5) is 0 Å². The van der Waals surface area contributed by atoms with E-state index in [0.29, 0.717) is 23.6 Å². The van der Waals surface area contributed by atoms with Gasteiger partial charge in [0, 0.05) is 18.2 Å². The lowest BCUT2D eigenvalue weighted by Crippen LogP contribution is -2.21. The van der Waals surface area contributed by atoms with Crippen molar-refractivity contribution in [1.29, 1.82) is 0 Å². The molecule has 2 aromatic carbocycles. The number of carbonyl (C=O) groups is 1. The SMILES string of the molecule is Cc1cccc([C@H]2CC(=O)c3cn4nc(-c5ccccc5)nc4nc3C2)c1. The second kappa shape index (κ2) is 6.13. The molecule has 0 unspecified atom stereocenters. The summed E-state index contributed by atoms with van der Waals surface area (Å²) < 4.78 is 1.62. The van der Waals surface area contributed by atoms with Gasteiger partial charge in [-0.1, -0.05) is 60.2 Å². The van der Waals surface area contributed by atoms with Gasteiger partial charge in [0.1, 0.15) is 0 Å². The highest BCUT2D eigenvalue weighted by Gasteiger charge is 2.28. The predicted octanol–water partition coefficient (Wildman–Crippen LogP) is 4.01. The Morgan fingerprint density at radius 1 is 1.00 bits per heavy atom. The second-order valence-electron chi connectivity index (χ2n) is 7.09. The van der Waals surface area contributed by atoms with Crippen LogP contribution in [0, 0.1) is 6.92 Å². The first-order valence-electron chi connectivity index (χ1n) is 9.09. The summed E-state index contributed by atoms with van der Waals surface area (Å²) >= 11 is 0. The van der Waals surface area contributed by atoms with Gasteiger partial charge >= 0.3 is 0 Å². The molecule has 0 saturated heterocycles. The molecule has 1 aliphatic carbocycles. The topological polar surface area (TPSA) is 60.2 Å². The summed E-state index contributed by atoms with van der Waals surface area (Å²) in [5.41, 5.74) is 4.82. The van der Waals surface area contributed by atoms with Gasteiger partial charge in [0.25, 0.3) is 5.78 Å². The van der Waals surface area contributed by atoms with Crippen LogP contribution in [0.15, 0.2) is 60.8 Å². The van der Waals surface area contributed by atoms with E-state index in [-0.39, 0.29) is 11.7 Å². The second-order valence-corrected chi connectivity index (χ2v) is 7.09. The highest BCUT2D eigenvalue weighted by Crippen LogP contribution is 2.32. The van der Waals surface area contributed by atoms with Crippen LogP contribution >= 0.6 is 0 Å². The van der Waals surface area contributed by atoms with Crippen molar-refractivity contribution < 1.29 is 4.79 Å². The van der Waals surface area contributed by atoms with Crippen molar-refractivity contribution in [1.82, 2.24) is 19.6 Å². The molecule has 0 radical (unpaired) electrons. The lowest BCUT2D eigenvalue weighted by atomic mass is 9.82. The van der Waals surface area contributed by atoms with Crippen LogP contribution in [0.1, 0.15) is 39.5 Å². The van der Waals surface area contributed by atoms with Crippen LogP contribution in [-0.2, 0) is 6.42 Å². The van der Waals surface area contributed by atoms with E-state index in [9.17, 15) is 4.79 Å². The summed E-state index contributed by atoms with van der Waals surface area (Å²) in [7, 11) is 0. The Kier molecular flexibility index (Phi) is 3.60. The molecule has 0 aliphatic heterocycles. The molecule has 27 heavy (non-hydrogen) atoms. The van der Waals surface area contributed by atoms with Gasteiger partial charge < -0.3 is 0 Å². The summed E-state index contributed by atoms with van der Waals surface area (Å²) in [6.07, 6.45) is 3.03. The number of hydrogen-bond donors (Lipinski definition) is 0. The van der Waals surface area contributed by atoms with Crippen LogP contribution in [0.25, 0.3) is 17.2 Å². The Morgan fingerprint density at radius 2 is 1.85 bits per heavy atom. The van der Waals surface area contributed by atoms with Crippen molar-refractivity contribution in [2.75, 3.05) is 0 Å². The zero-order chi connectivity index (χ0) is 18.4. The van der Waals surface area contributed by atoms with Crippen molar-refractivity contribution in [3.05, 3.63) is 83.2 Å². The predicted molar refractivity (Wildman–Crippen MR) is 103 cm³/mol. The fraction of sp³-hybridized carbons (Fsp3) is 0.182.